The number of rotatable bonds is 14. The van der Waals surface area contributed by atoms with Gasteiger partial charge in [-0.15, -0.1) is 0 Å². The molecule has 44 heavy (non-hydrogen) atoms. The summed E-state index contributed by atoms with van der Waals surface area (Å²) in [5.41, 5.74) is 6.71. The van der Waals surface area contributed by atoms with Gasteiger partial charge in [-0.2, -0.15) is 4.98 Å². The highest BCUT2D eigenvalue weighted by Gasteiger charge is 2.43. The lowest BCUT2D eigenvalue weighted by atomic mass is 10.0. The van der Waals surface area contributed by atoms with Gasteiger partial charge in [0.1, 0.15) is 23.8 Å². The van der Waals surface area contributed by atoms with E-state index in [1.54, 1.807) is 20.8 Å². The molecule has 1 aromatic heterocycles. The van der Waals surface area contributed by atoms with E-state index < -0.39 is 47.7 Å². The van der Waals surface area contributed by atoms with E-state index in [9.17, 15) is 19.2 Å². The Morgan fingerprint density at radius 2 is 1.91 bits per heavy atom. The number of fused-ring (bicyclic) bond motifs is 1. The van der Waals surface area contributed by atoms with Crippen LogP contribution < -0.4 is 15.8 Å². The van der Waals surface area contributed by atoms with Crippen LogP contribution in [0.2, 0.25) is 0 Å². The number of carboxylic acids is 1. The minimum absolute atomic E-state index is 0.120. The van der Waals surface area contributed by atoms with Gasteiger partial charge in [-0.3, -0.25) is 19.0 Å². The first-order valence-corrected chi connectivity index (χ1v) is 15.5. The number of aliphatic carboxylic acids is 1. The summed E-state index contributed by atoms with van der Waals surface area (Å²) >= 11 is 0. The van der Waals surface area contributed by atoms with Crippen molar-refractivity contribution in [3.63, 3.8) is 0 Å². The van der Waals surface area contributed by atoms with Crippen LogP contribution in [0.1, 0.15) is 72.6 Å². The molecule has 0 bridgehead atoms. The number of para-hydroxylation sites is 2. The van der Waals surface area contributed by atoms with E-state index >= 15 is 0 Å². The van der Waals surface area contributed by atoms with Crippen molar-refractivity contribution in [3.05, 3.63) is 36.4 Å². The summed E-state index contributed by atoms with van der Waals surface area (Å²) in [6, 6.07) is 6.29. The fourth-order valence-corrected chi connectivity index (χ4v) is 5.67. The molecule has 2 fully saturated rings. The van der Waals surface area contributed by atoms with E-state index in [-0.39, 0.29) is 24.8 Å². The van der Waals surface area contributed by atoms with Gasteiger partial charge >= 0.3 is 12.1 Å². The van der Waals surface area contributed by atoms with Crippen molar-refractivity contribution >= 4 is 34.9 Å². The average molecular weight is 612 g/mol. The molecule has 1 saturated heterocycles. The number of imidazole rings is 1. The SMILES string of the molecule is CCn1c(O[C@@H]2C[C@@H](C(N)=O)N(C(=O)[C@H](CCCCC/C=C\[C@@H]3C[C@@H]3C(=O)O)NC(=O)OC(C)(C)C)C2)nc2ccccc21. The summed E-state index contributed by atoms with van der Waals surface area (Å²) in [5, 5.41) is 11.8. The van der Waals surface area contributed by atoms with Gasteiger partial charge in [0.2, 0.25) is 11.8 Å². The number of nitrogens with two attached hydrogens (primary N) is 1. The van der Waals surface area contributed by atoms with Gasteiger partial charge in [-0.25, -0.2) is 4.79 Å². The normalized spacial score (nSPS) is 22.2. The van der Waals surface area contributed by atoms with Crippen LogP contribution >= 0.6 is 0 Å². The molecule has 0 spiro atoms. The van der Waals surface area contributed by atoms with E-state index in [1.807, 2.05) is 47.9 Å². The number of alkyl carbamates (subject to hydrolysis) is 1. The van der Waals surface area contributed by atoms with E-state index in [4.69, 9.17) is 20.3 Å². The molecule has 2 heterocycles. The molecule has 1 aromatic carbocycles. The maximum absolute atomic E-state index is 13.9. The van der Waals surface area contributed by atoms with Crippen LogP contribution in [0.3, 0.4) is 0 Å². The van der Waals surface area contributed by atoms with Gasteiger partial charge in [-0.05, 0) is 71.4 Å². The zero-order valence-corrected chi connectivity index (χ0v) is 26.0. The number of carboxylic acid groups (broad SMARTS) is 1. The largest absolute Gasteiger partial charge is 0.481 e. The number of likely N-dealkylation sites (tertiary alicyclic amines) is 1. The van der Waals surface area contributed by atoms with E-state index in [0.717, 1.165) is 30.3 Å². The lowest BCUT2D eigenvalue weighted by Crippen LogP contribution is -2.53. The number of primary amides is 1. The van der Waals surface area contributed by atoms with Crippen molar-refractivity contribution < 1.29 is 33.8 Å². The second-order valence-corrected chi connectivity index (χ2v) is 12.6. The number of aromatic nitrogens is 2. The highest BCUT2D eigenvalue weighted by Crippen LogP contribution is 2.39. The second kappa shape index (κ2) is 14.1. The van der Waals surface area contributed by atoms with Gasteiger partial charge < -0.3 is 30.5 Å². The van der Waals surface area contributed by atoms with Crippen molar-refractivity contribution in [2.24, 2.45) is 17.6 Å². The molecular weight excluding hydrogens is 566 g/mol. The smallest absolute Gasteiger partial charge is 0.408 e. The number of aryl methyl sites for hydroxylation is 1. The maximum atomic E-state index is 13.9. The first-order chi connectivity index (χ1) is 20.9. The van der Waals surface area contributed by atoms with Gasteiger partial charge in [0.25, 0.3) is 6.01 Å². The van der Waals surface area contributed by atoms with E-state index in [2.05, 4.69) is 10.3 Å². The van der Waals surface area contributed by atoms with Crippen LogP contribution in [-0.4, -0.2) is 73.8 Å². The predicted octanol–water partition coefficient (Wildman–Crippen LogP) is 4.01. The zero-order chi connectivity index (χ0) is 32.0. The number of hydrogen-bond acceptors (Lipinski definition) is 7. The van der Waals surface area contributed by atoms with Gasteiger partial charge in [-0.1, -0.05) is 37.1 Å². The molecule has 240 valence electrons. The lowest BCUT2D eigenvalue weighted by Gasteiger charge is -2.28. The Morgan fingerprint density at radius 1 is 1.16 bits per heavy atom. The number of benzene rings is 1. The Hall–Kier alpha value is -4.09. The molecule has 5 atom stereocenters. The number of ether oxygens (including phenoxy) is 2. The average Bonchev–Trinajstić information content (AvgIpc) is 3.47. The molecule has 1 aliphatic carbocycles. The Bertz CT molecular complexity index is 1380. The van der Waals surface area contributed by atoms with Crippen molar-refractivity contribution in [2.75, 3.05) is 6.54 Å². The second-order valence-electron chi connectivity index (χ2n) is 12.6. The van der Waals surface area contributed by atoms with Crippen molar-refractivity contribution in [1.29, 1.82) is 0 Å². The molecule has 1 aliphatic heterocycles. The molecule has 4 rings (SSSR count). The number of amides is 3. The van der Waals surface area contributed by atoms with Crippen LogP contribution in [0.5, 0.6) is 6.01 Å². The van der Waals surface area contributed by atoms with Crippen LogP contribution in [0.15, 0.2) is 36.4 Å². The molecule has 0 unspecified atom stereocenters. The molecule has 2 aromatic rings. The standard InChI is InChI=1S/C32H45N5O7/c1-5-36-25-16-12-11-14-23(25)34-30(36)43-21-18-26(27(33)38)37(19-21)28(39)24(35-31(42)44-32(2,3)4)15-10-8-6-7-9-13-20-17-22(20)29(40)41/h9,11-14,16,20-22,24,26H,5-8,10,15,17-19H2,1-4H3,(H2,33,38)(H,35,42)(H,40,41)/b13-9-/t20-,21-,22+,24+,26+/m1/s1. The number of unbranched alkanes of at least 4 members (excludes halogenated alkanes) is 3. The summed E-state index contributed by atoms with van der Waals surface area (Å²) in [6.07, 6.45) is 7.13. The molecule has 12 heteroatoms. The maximum Gasteiger partial charge on any atom is 0.408 e. The van der Waals surface area contributed by atoms with Crippen LogP contribution in [0.25, 0.3) is 11.0 Å². The Morgan fingerprint density at radius 3 is 2.57 bits per heavy atom. The van der Waals surface area contributed by atoms with Gasteiger partial charge in [0.15, 0.2) is 0 Å². The number of carbonyl (C=O) groups excluding carboxylic acids is 3. The summed E-state index contributed by atoms with van der Waals surface area (Å²) in [4.78, 5) is 56.1. The van der Waals surface area contributed by atoms with Crippen molar-refractivity contribution in [3.8, 4) is 6.01 Å². The van der Waals surface area contributed by atoms with E-state index in [1.165, 1.54) is 4.90 Å². The number of hydrogen-bond donors (Lipinski definition) is 3. The summed E-state index contributed by atoms with van der Waals surface area (Å²) in [6.45, 7) is 7.97. The Kier molecular flexibility index (Phi) is 10.5. The zero-order valence-electron chi connectivity index (χ0n) is 26.0. The Balaban J connectivity index is 1.39. The third kappa shape index (κ3) is 8.51. The molecular formula is C32H45N5O7. The summed E-state index contributed by atoms with van der Waals surface area (Å²) in [7, 11) is 0. The summed E-state index contributed by atoms with van der Waals surface area (Å²) < 4.78 is 13.6. The first kappa shape index (κ1) is 32.8. The third-order valence-corrected chi connectivity index (χ3v) is 7.97. The molecule has 12 nitrogen and oxygen atoms in total. The number of nitrogens with zero attached hydrogens (tertiary/aromatic N) is 3. The highest BCUT2D eigenvalue weighted by atomic mass is 16.6. The number of allylic oxidation sites excluding steroid dienone is 2. The van der Waals surface area contributed by atoms with Crippen LogP contribution in [0.4, 0.5) is 4.79 Å². The minimum Gasteiger partial charge on any atom is -0.481 e. The van der Waals surface area contributed by atoms with Crippen molar-refractivity contribution in [2.45, 2.75) is 103 Å². The first-order valence-electron chi connectivity index (χ1n) is 15.5. The fraction of sp³-hybridized carbons (Fsp3) is 0.594. The minimum atomic E-state index is -0.913. The molecule has 3 amide bonds. The lowest BCUT2D eigenvalue weighted by molar-refractivity contribution is -0.139. The highest BCUT2D eigenvalue weighted by molar-refractivity contribution is 5.91. The van der Waals surface area contributed by atoms with Crippen LogP contribution in [-0.2, 0) is 25.7 Å². The predicted molar refractivity (Wildman–Crippen MR) is 164 cm³/mol. The fourth-order valence-electron chi connectivity index (χ4n) is 5.67. The molecule has 4 N–H and O–H groups in total. The van der Waals surface area contributed by atoms with E-state index in [0.29, 0.717) is 31.8 Å². The van der Waals surface area contributed by atoms with Gasteiger partial charge in [0, 0.05) is 13.0 Å². The monoisotopic (exact) mass is 611 g/mol. The number of nitrogens with one attached hydrogen (secondary N) is 1. The topological polar surface area (TPSA) is 166 Å². The van der Waals surface area contributed by atoms with Crippen LogP contribution in [0, 0.1) is 11.8 Å². The molecule has 1 saturated carbocycles. The quantitative estimate of drug-likeness (QED) is 0.213. The van der Waals surface area contributed by atoms with Gasteiger partial charge in [0.05, 0.1) is 23.5 Å². The third-order valence-electron chi connectivity index (χ3n) is 7.97. The molecule has 2 aliphatic rings. The van der Waals surface area contributed by atoms with Crippen molar-refractivity contribution in [1.82, 2.24) is 19.8 Å². The molecule has 0 radical (unpaired) electrons. The number of carbonyl (C=O) groups is 4. The Labute approximate surface area is 257 Å². The summed E-state index contributed by atoms with van der Waals surface area (Å²) in [5.74, 6) is -1.94.